The summed E-state index contributed by atoms with van der Waals surface area (Å²) in [6, 6.07) is 4.05. The highest BCUT2D eigenvalue weighted by molar-refractivity contribution is 6.31. The standard InChI is InChI=1S/C13H15ClF3NO/c1-2-19-10-5-9(6-10)18-8-3-4-12(14)11(7-8)13(15,16)17/h3-4,7,9-10,18H,2,5-6H2,1H3. The molecule has 2 rings (SSSR count). The summed E-state index contributed by atoms with van der Waals surface area (Å²) >= 11 is 5.56. The minimum absolute atomic E-state index is 0.166. The van der Waals surface area contributed by atoms with Gasteiger partial charge in [-0.25, -0.2) is 0 Å². The number of benzene rings is 1. The zero-order valence-electron chi connectivity index (χ0n) is 10.4. The van der Waals surface area contributed by atoms with Crippen molar-refractivity contribution < 1.29 is 17.9 Å². The number of rotatable bonds is 4. The highest BCUT2D eigenvalue weighted by atomic mass is 35.5. The van der Waals surface area contributed by atoms with E-state index in [2.05, 4.69) is 5.32 Å². The average Bonchev–Trinajstić information content (AvgIpc) is 2.27. The molecule has 0 saturated heterocycles. The van der Waals surface area contributed by atoms with E-state index in [1.807, 2.05) is 6.92 Å². The minimum Gasteiger partial charge on any atom is -0.382 e. The summed E-state index contributed by atoms with van der Waals surface area (Å²) in [7, 11) is 0. The minimum atomic E-state index is -4.43. The van der Waals surface area contributed by atoms with Crippen molar-refractivity contribution in [2.45, 2.75) is 38.1 Å². The predicted molar refractivity (Wildman–Crippen MR) is 68.5 cm³/mol. The third-order valence-corrected chi connectivity index (χ3v) is 3.47. The van der Waals surface area contributed by atoms with Crippen molar-refractivity contribution in [3.05, 3.63) is 28.8 Å². The molecular formula is C13H15ClF3NO. The lowest BCUT2D eigenvalue weighted by molar-refractivity contribution is -0.137. The van der Waals surface area contributed by atoms with Gasteiger partial charge in [0.25, 0.3) is 0 Å². The molecule has 0 aliphatic heterocycles. The van der Waals surface area contributed by atoms with Gasteiger partial charge in [0.15, 0.2) is 0 Å². The van der Waals surface area contributed by atoms with Crippen LogP contribution in [0.3, 0.4) is 0 Å². The summed E-state index contributed by atoms with van der Waals surface area (Å²) in [5, 5.41) is 2.79. The lowest BCUT2D eigenvalue weighted by Gasteiger charge is -2.36. The lowest BCUT2D eigenvalue weighted by atomic mass is 9.89. The van der Waals surface area contributed by atoms with Crippen molar-refractivity contribution in [3.63, 3.8) is 0 Å². The van der Waals surface area contributed by atoms with Crippen LogP contribution in [-0.4, -0.2) is 18.8 Å². The molecule has 1 aromatic carbocycles. The Kier molecular flexibility index (Phi) is 4.26. The maximum absolute atomic E-state index is 12.7. The summed E-state index contributed by atoms with van der Waals surface area (Å²) in [6.07, 6.45) is -2.57. The molecule has 0 radical (unpaired) electrons. The molecule has 0 amide bonds. The van der Waals surface area contributed by atoms with E-state index in [0.29, 0.717) is 12.3 Å². The molecule has 0 aromatic heterocycles. The van der Waals surface area contributed by atoms with Gasteiger partial charge < -0.3 is 10.1 Å². The largest absolute Gasteiger partial charge is 0.417 e. The molecular weight excluding hydrogens is 279 g/mol. The fourth-order valence-corrected chi connectivity index (χ4v) is 2.35. The molecule has 1 fully saturated rings. The SMILES string of the molecule is CCOC1CC(Nc2ccc(Cl)c(C(F)(F)F)c2)C1. The molecule has 1 aliphatic rings. The molecule has 1 aliphatic carbocycles. The summed E-state index contributed by atoms with van der Waals surface area (Å²) in [4.78, 5) is 0. The molecule has 0 bridgehead atoms. The van der Waals surface area contributed by atoms with Gasteiger partial charge in [-0.15, -0.1) is 0 Å². The van der Waals surface area contributed by atoms with Gasteiger partial charge in [-0.05, 0) is 38.0 Å². The second-order valence-corrected chi connectivity index (χ2v) is 4.99. The molecule has 1 saturated carbocycles. The quantitative estimate of drug-likeness (QED) is 0.892. The van der Waals surface area contributed by atoms with Crippen molar-refractivity contribution in [3.8, 4) is 0 Å². The Morgan fingerprint density at radius 2 is 2.05 bits per heavy atom. The smallest absolute Gasteiger partial charge is 0.382 e. The first-order chi connectivity index (χ1) is 8.90. The van der Waals surface area contributed by atoms with Crippen molar-refractivity contribution in [2.75, 3.05) is 11.9 Å². The normalized spacial score (nSPS) is 23.0. The van der Waals surface area contributed by atoms with Crippen molar-refractivity contribution in [1.82, 2.24) is 0 Å². The van der Waals surface area contributed by atoms with Crippen LogP contribution in [0.1, 0.15) is 25.3 Å². The van der Waals surface area contributed by atoms with Gasteiger partial charge in [-0.3, -0.25) is 0 Å². The zero-order chi connectivity index (χ0) is 14.0. The number of hydrogen-bond acceptors (Lipinski definition) is 2. The second-order valence-electron chi connectivity index (χ2n) is 4.58. The van der Waals surface area contributed by atoms with E-state index >= 15 is 0 Å². The fourth-order valence-electron chi connectivity index (χ4n) is 2.12. The second kappa shape index (κ2) is 5.59. The Labute approximate surface area is 114 Å². The Hall–Kier alpha value is -0.940. The molecule has 0 spiro atoms. The first kappa shape index (κ1) is 14.5. The topological polar surface area (TPSA) is 21.3 Å². The molecule has 1 aromatic rings. The van der Waals surface area contributed by atoms with E-state index in [0.717, 1.165) is 18.9 Å². The molecule has 0 atom stereocenters. The summed E-state index contributed by atoms with van der Waals surface area (Å²) < 4.78 is 43.5. The lowest BCUT2D eigenvalue weighted by Crippen LogP contribution is -2.40. The van der Waals surface area contributed by atoms with Crippen LogP contribution in [0.4, 0.5) is 18.9 Å². The van der Waals surface area contributed by atoms with Crippen molar-refractivity contribution in [2.24, 2.45) is 0 Å². The van der Waals surface area contributed by atoms with Crippen LogP contribution in [-0.2, 0) is 10.9 Å². The van der Waals surface area contributed by atoms with Gasteiger partial charge >= 0.3 is 6.18 Å². The van der Waals surface area contributed by atoms with E-state index < -0.39 is 11.7 Å². The van der Waals surface area contributed by atoms with Crippen LogP contribution in [0, 0.1) is 0 Å². The van der Waals surface area contributed by atoms with Crippen molar-refractivity contribution >= 4 is 17.3 Å². The van der Waals surface area contributed by atoms with E-state index in [1.165, 1.54) is 6.07 Å². The average molecular weight is 294 g/mol. The number of halogens is 4. The molecule has 1 N–H and O–H groups in total. The number of nitrogens with one attached hydrogen (secondary N) is 1. The number of alkyl halides is 3. The van der Waals surface area contributed by atoms with Crippen LogP contribution in [0.15, 0.2) is 18.2 Å². The molecule has 6 heteroatoms. The highest BCUT2D eigenvalue weighted by Crippen LogP contribution is 2.37. The number of hydrogen-bond donors (Lipinski definition) is 1. The Bertz CT molecular complexity index is 444. The van der Waals surface area contributed by atoms with Gasteiger partial charge in [-0.2, -0.15) is 13.2 Å². The molecule has 106 valence electrons. The Balaban J connectivity index is 1.99. The Morgan fingerprint density at radius 1 is 1.37 bits per heavy atom. The van der Waals surface area contributed by atoms with Gasteiger partial charge in [0.1, 0.15) is 0 Å². The predicted octanol–water partition coefficient (Wildman–Crippen LogP) is 4.34. The fraction of sp³-hybridized carbons (Fsp3) is 0.538. The summed E-state index contributed by atoms with van der Waals surface area (Å²) in [5.41, 5.74) is -0.364. The maximum atomic E-state index is 12.7. The first-order valence-electron chi connectivity index (χ1n) is 6.15. The Morgan fingerprint density at radius 3 is 2.63 bits per heavy atom. The molecule has 19 heavy (non-hydrogen) atoms. The number of anilines is 1. The van der Waals surface area contributed by atoms with Gasteiger partial charge in [0, 0.05) is 18.3 Å². The van der Waals surface area contributed by atoms with Gasteiger partial charge in [-0.1, -0.05) is 11.6 Å². The summed E-state index contributed by atoms with van der Waals surface area (Å²) in [5.74, 6) is 0. The molecule has 2 nitrogen and oxygen atoms in total. The van der Waals surface area contributed by atoms with Crippen LogP contribution in [0.25, 0.3) is 0 Å². The van der Waals surface area contributed by atoms with Gasteiger partial charge in [0.2, 0.25) is 0 Å². The zero-order valence-corrected chi connectivity index (χ0v) is 11.2. The monoisotopic (exact) mass is 293 g/mol. The summed E-state index contributed by atoms with van der Waals surface area (Å²) in [6.45, 7) is 2.59. The maximum Gasteiger partial charge on any atom is 0.417 e. The highest BCUT2D eigenvalue weighted by Gasteiger charge is 2.34. The van der Waals surface area contributed by atoms with E-state index in [9.17, 15) is 13.2 Å². The number of ether oxygens (including phenoxy) is 1. The van der Waals surface area contributed by atoms with Gasteiger partial charge in [0.05, 0.1) is 16.7 Å². The van der Waals surface area contributed by atoms with Crippen LogP contribution >= 0.6 is 11.6 Å². The molecule has 0 unspecified atom stereocenters. The first-order valence-corrected chi connectivity index (χ1v) is 6.53. The van der Waals surface area contributed by atoms with Crippen LogP contribution in [0.5, 0.6) is 0 Å². The van der Waals surface area contributed by atoms with E-state index in [4.69, 9.17) is 16.3 Å². The van der Waals surface area contributed by atoms with Crippen molar-refractivity contribution in [1.29, 1.82) is 0 Å². The van der Waals surface area contributed by atoms with E-state index in [1.54, 1.807) is 6.07 Å². The third kappa shape index (κ3) is 3.54. The van der Waals surface area contributed by atoms with Crippen LogP contribution < -0.4 is 5.32 Å². The third-order valence-electron chi connectivity index (χ3n) is 3.14. The molecule has 0 heterocycles. The van der Waals surface area contributed by atoms with Crippen LogP contribution in [0.2, 0.25) is 5.02 Å². The van der Waals surface area contributed by atoms with E-state index in [-0.39, 0.29) is 17.2 Å².